The highest BCUT2D eigenvalue weighted by atomic mass is 16.4. The first-order valence-corrected chi connectivity index (χ1v) is 5.33. The van der Waals surface area contributed by atoms with Crippen molar-refractivity contribution in [2.45, 2.75) is 6.42 Å². The van der Waals surface area contributed by atoms with Crippen molar-refractivity contribution in [3.05, 3.63) is 35.0 Å². The Hall–Kier alpha value is -2.30. The van der Waals surface area contributed by atoms with Crippen LogP contribution in [0.4, 0.5) is 0 Å². The van der Waals surface area contributed by atoms with Crippen LogP contribution in [-0.2, 0) is 6.42 Å². The van der Waals surface area contributed by atoms with Crippen molar-refractivity contribution >= 4 is 22.8 Å². The molecule has 2 heterocycles. The number of aromatic amines is 1. The molecule has 0 radical (unpaired) electrons. The predicted octanol–water partition coefficient (Wildman–Crippen LogP) is 1.15. The fourth-order valence-corrected chi connectivity index (χ4v) is 2.22. The van der Waals surface area contributed by atoms with Gasteiger partial charge >= 0.3 is 5.97 Å². The number of aromatic carboxylic acids is 1. The van der Waals surface area contributed by atoms with Crippen LogP contribution >= 0.6 is 0 Å². The Morgan fingerprint density at radius 2 is 2.18 bits per heavy atom. The molecule has 1 amide bonds. The summed E-state index contributed by atoms with van der Waals surface area (Å²) in [6.45, 7) is 0.616. The summed E-state index contributed by atoms with van der Waals surface area (Å²) in [5, 5.41) is 12.5. The molecular formula is C12H10N2O3. The van der Waals surface area contributed by atoms with E-state index in [1.165, 1.54) is 6.07 Å². The number of benzene rings is 1. The molecule has 1 aliphatic rings. The van der Waals surface area contributed by atoms with Gasteiger partial charge in [0.25, 0.3) is 5.91 Å². The van der Waals surface area contributed by atoms with E-state index in [9.17, 15) is 9.59 Å². The SMILES string of the molecule is O=C(O)c1ccc2c3c([nH]c2c1)CCNC3=O. The van der Waals surface area contributed by atoms with E-state index in [1.807, 2.05) is 0 Å². The highest BCUT2D eigenvalue weighted by Crippen LogP contribution is 2.25. The molecule has 1 aromatic heterocycles. The summed E-state index contributed by atoms with van der Waals surface area (Å²) < 4.78 is 0. The van der Waals surface area contributed by atoms with Gasteiger partial charge in [-0.05, 0) is 12.1 Å². The largest absolute Gasteiger partial charge is 0.478 e. The zero-order chi connectivity index (χ0) is 12.0. The Bertz CT molecular complexity index is 642. The molecule has 3 N–H and O–H groups in total. The molecule has 1 aliphatic heterocycles. The van der Waals surface area contributed by atoms with Crippen LogP contribution in [0.2, 0.25) is 0 Å². The van der Waals surface area contributed by atoms with Crippen LogP contribution < -0.4 is 5.32 Å². The molecule has 5 heteroatoms. The summed E-state index contributed by atoms with van der Waals surface area (Å²) in [5.74, 6) is -1.07. The van der Waals surface area contributed by atoms with Crippen molar-refractivity contribution in [3.8, 4) is 0 Å². The zero-order valence-corrected chi connectivity index (χ0v) is 8.91. The molecule has 0 fully saturated rings. The summed E-state index contributed by atoms with van der Waals surface area (Å²) >= 11 is 0. The maximum Gasteiger partial charge on any atom is 0.335 e. The molecule has 2 aromatic rings. The number of carboxylic acid groups (broad SMARTS) is 1. The van der Waals surface area contributed by atoms with Crippen LogP contribution in [-0.4, -0.2) is 28.5 Å². The van der Waals surface area contributed by atoms with Gasteiger partial charge in [-0.3, -0.25) is 4.79 Å². The number of fused-ring (bicyclic) bond motifs is 3. The second-order valence-corrected chi connectivity index (χ2v) is 4.05. The number of carbonyl (C=O) groups is 2. The molecule has 0 aliphatic carbocycles. The van der Waals surface area contributed by atoms with Gasteiger partial charge in [0.05, 0.1) is 11.1 Å². The first-order valence-electron chi connectivity index (χ1n) is 5.33. The normalized spacial score (nSPS) is 14.5. The van der Waals surface area contributed by atoms with E-state index in [1.54, 1.807) is 12.1 Å². The fourth-order valence-electron chi connectivity index (χ4n) is 2.22. The fraction of sp³-hybridized carbons (Fsp3) is 0.167. The average Bonchev–Trinajstić information content (AvgIpc) is 2.67. The number of aromatic nitrogens is 1. The van der Waals surface area contributed by atoms with E-state index in [0.717, 1.165) is 17.5 Å². The molecule has 86 valence electrons. The van der Waals surface area contributed by atoms with E-state index in [2.05, 4.69) is 10.3 Å². The molecule has 0 saturated heterocycles. The third-order valence-corrected chi connectivity index (χ3v) is 3.01. The minimum Gasteiger partial charge on any atom is -0.478 e. The van der Waals surface area contributed by atoms with Crippen molar-refractivity contribution in [2.75, 3.05) is 6.54 Å². The lowest BCUT2D eigenvalue weighted by atomic mass is 10.0. The third kappa shape index (κ3) is 1.39. The summed E-state index contributed by atoms with van der Waals surface area (Å²) in [5.41, 5.74) is 2.44. The third-order valence-electron chi connectivity index (χ3n) is 3.01. The molecule has 0 atom stereocenters. The number of hydrogen-bond donors (Lipinski definition) is 3. The second-order valence-electron chi connectivity index (χ2n) is 4.05. The van der Waals surface area contributed by atoms with Gasteiger partial charge in [-0.1, -0.05) is 6.07 Å². The van der Waals surface area contributed by atoms with Crippen molar-refractivity contribution in [1.29, 1.82) is 0 Å². The topological polar surface area (TPSA) is 82.2 Å². The standard InChI is InChI=1S/C12H10N2O3/c15-11-10-7-2-1-6(12(16)17)5-9(7)14-8(10)3-4-13-11/h1-2,5,14H,3-4H2,(H,13,15)(H,16,17). The lowest BCUT2D eigenvalue weighted by Crippen LogP contribution is -2.31. The number of carboxylic acids is 1. The van der Waals surface area contributed by atoms with Crippen LogP contribution in [0.25, 0.3) is 10.9 Å². The molecule has 3 rings (SSSR count). The van der Waals surface area contributed by atoms with Crippen molar-refractivity contribution < 1.29 is 14.7 Å². The first kappa shape index (κ1) is 9.89. The molecule has 0 unspecified atom stereocenters. The quantitative estimate of drug-likeness (QED) is 0.687. The van der Waals surface area contributed by atoms with Gasteiger partial charge in [-0.25, -0.2) is 4.79 Å². The average molecular weight is 230 g/mol. The molecule has 0 saturated carbocycles. The van der Waals surface area contributed by atoms with Gasteiger partial charge < -0.3 is 15.4 Å². The number of rotatable bonds is 1. The smallest absolute Gasteiger partial charge is 0.335 e. The van der Waals surface area contributed by atoms with Crippen LogP contribution in [0.15, 0.2) is 18.2 Å². The molecule has 0 spiro atoms. The van der Waals surface area contributed by atoms with Gasteiger partial charge in [0, 0.05) is 29.6 Å². The maximum atomic E-state index is 11.7. The van der Waals surface area contributed by atoms with E-state index in [4.69, 9.17) is 5.11 Å². The Kier molecular flexibility index (Phi) is 1.95. The highest BCUT2D eigenvalue weighted by Gasteiger charge is 2.22. The zero-order valence-electron chi connectivity index (χ0n) is 8.91. The summed E-state index contributed by atoms with van der Waals surface area (Å²) in [7, 11) is 0. The molecule has 1 aromatic carbocycles. The summed E-state index contributed by atoms with van der Waals surface area (Å²) in [6.07, 6.45) is 0.748. The number of carbonyl (C=O) groups excluding carboxylic acids is 1. The number of nitrogens with one attached hydrogen (secondary N) is 2. The second kappa shape index (κ2) is 3.35. The summed E-state index contributed by atoms with van der Waals surface area (Å²) in [4.78, 5) is 25.7. The van der Waals surface area contributed by atoms with Crippen LogP contribution in [0.3, 0.4) is 0 Å². The number of amides is 1. The number of hydrogen-bond acceptors (Lipinski definition) is 2. The minimum atomic E-state index is -0.969. The van der Waals surface area contributed by atoms with Gasteiger partial charge in [0.15, 0.2) is 0 Å². The van der Waals surface area contributed by atoms with E-state index >= 15 is 0 Å². The molecule has 5 nitrogen and oxygen atoms in total. The van der Waals surface area contributed by atoms with E-state index in [-0.39, 0.29) is 11.5 Å². The Morgan fingerprint density at radius 3 is 2.94 bits per heavy atom. The minimum absolute atomic E-state index is 0.0967. The monoisotopic (exact) mass is 230 g/mol. The van der Waals surface area contributed by atoms with Gasteiger partial charge in [-0.2, -0.15) is 0 Å². The van der Waals surface area contributed by atoms with Crippen LogP contribution in [0.1, 0.15) is 26.4 Å². The number of H-pyrrole nitrogens is 1. The predicted molar refractivity (Wildman–Crippen MR) is 61.3 cm³/mol. The van der Waals surface area contributed by atoms with Crippen LogP contribution in [0.5, 0.6) is 0 Å². The lowest BCUT2D eigenvalue weighted by molar-refractivity contribution is 0.0696. The van der Waals surface area contributed by atoms with Crippen molar-refractivity contribution in [2.24, 2.45) is 0 Å². The maximum absolute atomic E-state index is 11.7. The Balaban J connectivity index is 2.28. The van der Waals surface area contributed by atoms with Gasteiger partial charge in [0.2, 0.25) is 0 Å². The first-order chi connectivity index (χ1) is 8.16. The molecule has 17 heavy (non-hydrogen) atoms. The van der Waals surface area contributed by atoms with E-state index < -0.39 is 5.97 Å². The molecular weight excluding hydrogens is 220 g/mol. The van der Waals surface area contributed by atoms with Crippen molar-refractivity contribution in [3.63, 3.8) is 0 Å². The van der Waals surface area contributed by atoms with Gasteiger partial charge in [-0.15, -0.1) is 0 Å². The molecule has 0 bridgehead atoms. The highest BCUT2D eigenvalue weighted by molar-refractivity contribution is 6.09. The summed E-state index contributed by atoms with van der Waals surface area (Å²) in [6, 6.07) is 4.75. The van der Waals surface area contributed by atoms with E-state index in [0.29, 0.717) is 17.6 Å². The van der Waals surface area contributed by atoms with Crippen molar-refractivity contribution in [1.82, 2.24) is 10.3 Å². The van der Waals surface area contributed by atoms with Gasteiger partial charge in [0.1, 0.15) is 0 Å². The Morgan fingerprint density at radius 1 is 1.35 bits per heavy atom. The Labute approximate surface area is 96.4 Å². The lowest BCUT2D eigenvalue weighted by Gasteiger charge is -2.11. The van der Waals surface area contributed by atoms with Crippen LogP contribution in [0, 0.1) is 0 Å².